The van der Waals surface area contributed by atoms with Gasteiger partial charge in [0.1, 0.15) is 19.4 Å². The van der Waals surface area contributed by atoms with Crippen LogP contribution in [0.4, 0.5) is 0 Å². The Bertz CT molecular complexity index is 588. The van der Waals surface area contributed by atoms with Gasteiger partial charge in [0.15, 0.2) is 6.54 Å². The van der Waals surface area contributed by atoms with E-state index in [9.17, 15) is 10.2 Å². The smallest absolute Gasteiger partial charge is 0.165 e. The summed E-state index contributed by atoms with van der Waals surface area (Å²) < 4.78 is 2.45. The third-order valence-electron chi connectivity index (χ3n) is 9.47. The zero-order valence-corrected chi connectivity index (χ0v) is 15.4. The molecule has 1 heterocycles. The first kappa shape index (κ1) is 15.8. The summed E-state index contributed by atoms with van der Waals surface area (Å²) in [5.41, 5.74) is 0.911. The molecule has 5 rings (SSSR count). The zero-order chi connectivity index (χ0) is 16.7. The highest BCUT2D eigenvalue weighted by molar-refractivity contribution is 5.65. The molecule has 4 fully saturated rings. The second-order valence-corrected chi connectivity index (χ2v) is 10.3. The molecule has 0 radical (unpaired) electrons. The van der Waals surface area contributed by atoms with Gasteiger partial charge >= 0.3 is 0 Å². The monoisotopic (exact) mass is 332 g/mol. The Labute approximate surface area is 146 Å². The summed E-state index contributed by atoms with van der Waals surface area (Å²) in [6, 6.07) is 0. The van der Waals surface area contributed by atoms with Gasteiger partial charge in [0.05, 0.1) is 11.5 Å². The number of aliphatic hydroxyl groups is 2. The van der Waals surface area contributed by atoms with Gasteiger partial charge < -0.3 is 10.2 Å². The third kappa shape index (κ3) is 1.69. The molecule has 2 N–H and O–H groups in total. The number of hydrogen-bond donors (Lipinski definition) is 2. The Morgan fingerprint density at radius 3 is 2.79 bits per heavy atom. The number of rotatable bonds is 2. The van der Waals surface area contributed by atoms with Crippen molar-refractivity contribution in [2.45, 2.75) is 64.9 Å². The fourth-order valence-corrected chi connectivity index (χ4v) is 8.74. The van der Waals surface area contributed by atoms with E-state index in [1.807, 2.05) is 0 Å². The van der Waals surface area contributed by atoms with E-state index in [0.717, 1.165) is 24.9 Å². The molecule has 1 aliphatic heterocycles. The van der Waals surface area contributed by atoms with Crippen molar-refractivity contribution in [3.63, 3.8) is 0 Å². The third-order valence-corrected chi connectivity index (χ3v) is 9.47. The molecule has 134 valence electrons. The largest absolute Gasteiger partial charge is 0.392 e. The standard InChI is InChI=1S/C21H34NO2/c1-14-15-10-17-20(11-15,18(14)24)7-4-16-19(2)5-3-6-21(16,17)13-22(12-19)8-9-23/h13-18,23-24H,3-12H2,1-2H3/q+1. The molecule has 4 bridgehead atoms. The molecule has 0 aromatic rings. The van der Waals surface area contributed by atoms with Gasteiger partial charge in [-0.2, -0.15) is 0 Å². The van der Waals surface area contributed by atoms with Crippen LogP contribution >= 0.6 is 0 Å². The fraction of sp³-hybridized carbons (Fsp3) is 0.952. The van der Waals surface area contributed by atoms with Crippen LogP contribution in [0.15, 0.2) is 0 Å². The van der Waals surface area contributed by atoms with Gasteiger partial charge in [-0.3, -0.25) is 0 Å². The van der Waals surface area contributed by atoms with Gasteiger partial charge in [0.2, 0.25) is 0 Å². The Morgan fingerprint density at radius 2 is 2.04 bits per heavy atom. The van der Waals surface area contributed by atoms with Crippen molar-refractivity contribution in [3.8, 4) is 0 Å². The van der Waals surface area contributed by atoms with Gasteiger partial charge in [-0.25, -0.2) is 4.58 Å². The minimum absolute atomic E-state index is 0.0774. The highest BCUT2D eigenvalue weighted by Gasteiger charge is 2.73. The Hall–Kier alpha value is -0.410. The lowest BCUT2D eigenvalue weighted by molar-refractivity contribution is -0.559. The maximum absolute atomic E-state index is 11.1. The van der Waals surface area contributed by atoms with Crippen LogP contribution in [0, 0.1) is 39.9 Å². The van der Waals surface area contributed by atoms with Gasteiger partial charge in [-0.05, 0) is 62.2 Å². The normalized spacial score (nSPS) is 58.2. The summed E-state index contributed by atoms with van der Waals surface area (Å²) in [6.45, 7) is 6.98. The molecule has 3 heteroatoms. The van der Waals surface area contributed by atoms with Crippen LogP contribution in [0.5, 0.6) is 0 Å². The first-order valence-corrected chi connectivity index (χ1v) is 10.3. The van der Waals surface area contributed by atoms with E-state index < -0.39 is 0 Å². The summed E-state index contributed by atoms with van der Waals surface area (Å²) in [6.07, 6.45) is 11.7. The molecule has 0 amide bonds. The summed E-state index contributed by atoms with van der Waals surface area (Å²) in [4.78, 5) is 0. The topological polar surface area (TPSA) is 43.5 Å². The minimum atomic E-state index is -0.0774. The molecule has 24 heavy (non-hydrogen) atoms. The van der Waals surface area contributed by atoms with Gasteiger partial charge in [0, 0.05) is 10.8 Å². The summed E-state index contributed by atoms with van der Waals surface area (Å²) >= 11 is 0. The average Bonchev–Trinajstić information content (AvgIpc) is 3.03. The van der Waals surface area contributed by atoms with Crippen molar-refractivity contribution in [1.82, 2.24) is 0 Å². The van der Waals surface area contributed by atoms with E-state index in [4.69, 9.17) is 0 Å². The Kier molecular flexibility index (Phi) is 3.20. The van der Waals surface area contributed by atoms with E-state index in [0.29, 0.717) is 22.7 Å². The first-order chi connectivity index (χ1) is 11.5. The maximum Gasteiger partial charge on any atom is 0.165 e. The lowest BCUT2D eigenvalue weighted by Crippen LogP contribution is -2.65. The van der Waals surface area contributed by atoms with E-state index in [1.54, 1.807) is 0 Å². The molecular weight excluding hydrogens is 298 g/mol. The van der Waals surface area contributed by atoms with Crippen LogP contribution in [0.25, 0.3) is 0 Å². The molecule has 8 atom stereocenters. The van der Waals surface area contributed by atoms with Crippen molar-refractivity contribution in [2.24, 2.45) is 39.9 Å². The van der Waals surface area contributed by atoms with Crippen LogP contribution in [-0.2, 0) is 0 Å². The Morgan fingerprint density at radius 1 is 1.21 bits per heavy atom. The van der Waals surface area contributed by atoms with Crippen LogP contribution in [0.1, 0.15) is 58.8 Å². The van der Waals surface area contributed by atoms with E-state index >= 15 is 0 Å². The quantitative estimate of drug-likeness (QED) is 0.764. The SMILES string of the molecule is CC1C2CC3C45C=[N+](CCO)CC(C)(CCC4)C5CCC3(C2)C1O. The summed E-state index contributed by atoms with van der Waals surface area (Å²) in [5, 5.41) is 20.6. The van der Waals surface area contributed by atoms with Crippen LogP contribution in [-0.4, -0.2) is 46.8 Å². The van der Waals surface area contributed by atoms with Crippen molar-refractivity contribution in [3.05, 3.63) is 0 Å². The number of β-amino-alcohol motifs (C(OH)–C–C–N with tert-alkyl or cyclic N) is 1. The van der Waals surface area contributed by atoms with E-state index in [2.05, 4.69) is 24.6 Å². The highest BCUT2D eigenvalue weighted by Crippen LogP contribution is 2.74. The summed E-state index contributed by atoms with van der Waals surface area (Å²) in [7, 11) is 0. The fourth-order valence-electron chi connectivity index (χ4n) is 8.74. The van der Waals surface area contributed by atoms with Gasteiger partial charge in [-0.1, -0.05) is 20.3 Å². The second-order valence-electron chi connectivity index (χ2n) is 10.3. The molecule has 0 aromatic carbocycles. The zero-order valence-electron chi connectivity index (χ0n) is 15.4. The first-order valence-electron chi connectivity index (χ1n) is 10.3. The lowest BCUT2D eigenvalue weighted by Gasteiger charge is -2.63. The van der Waals surface area contributed by atoms with Crippen molar-refractivity contribution in [2.75, 3.05) is 19.7 Å². The molecule has 0 aromatic heterocycles. The van der Waals surface area contributed by atoms with Crippen molar-refractivity contribution in [1.29, 1.82) is 0 Å². The number of aliphatic hydroxyl groups excluding tert-OH is 2. The van der Waals surface area contributed by atoms with Crippen molar-refractivity contribution >= 4 is 6.21 Å². The minimum Gasteiger partial charge on any atom is -0.392 e. The number of nitrogens with zero attached hydrogens (tertiary/aromatic N) is 1. The number of fused-ring (bicyclic) bond motifs is 1. The highest BCUT2D eigenvalue weighted by atomic mass is 16.3. The van der Waals surface area contributed by atoms with Crippen LogP contribution in [0.2, 0.25) is 0 Å². The molecule has 4 aliphatic carbocycles. The average molecular weight is 333 g/mol. The molecule has 4 saturated carbocycles. The molecular formula is C21H34NO2+. The molecule has 5 aliphatic rings. The second kappa shape index (κ2) is 4.85. The van der Waals surface area contributed by atoms with E-state index in [1.165, 1.54) is 44.9 Å². The maximum atomic E-state index is 11.1. The Balaban J connectivity index is 1.63. The lowest BCUT2D eigenvalue weighted by atomic mass is 9.41. The van der Waals surface area contributed by atoms with Gasteiger partial charge in [-0.15, -0.1) is 0 Å². The van der Waals surface area contributed by atoms with Crippen molar-refractivity contribution < 1.29 is 14.8 Å². The van der Waals surface area contributed by atoms with Gasteiger partial charge in [0.25, 0.3) is 0 Å². The van der Waals surface area contributed by atoms with Crippen LogP contribution < -0.4 is 0 Å². The van der Waals surface area contributed by atoms with E-state index in [-0.39, 0.29) is 18.1 Å². The molecule has 1 spiro atoms. The predicted octanol–water partition coefficient (Wildman–Crippen LogP) is 2.69. The molecule has 3 nitrogen and oxygen atoms in total. The molecule has 8 unspecified atom stereocenters. The summed E-state index contributed by atoms with van der Waals surface area (Å²) in [5.74, 6) is 2.72. The number of hydrogen-bond acceptors (Lipinski definition) is 2. The molecule has 0 saturated heterocycles. The predicted molar refractivity (Wildman–Crippen MR) is 94.1 cm³/mol. The van der Waals surface area contributed by atoms with Crippen LogP contribution in [0.3, 0.4) is 0 Å².